The molecule has 2 aromatic carbocycles. The van der Waals surface area contributed by atoms with Gasteiger partial charge in [0.15, 0.2) is 0 Å². The summed E-state index contributed by atoms with van der Waals surface area (Å²) in [6.45, 7) is 6.15. The Hall–Kier alpha value is -2.19. The normalized spacial score (nSPS) is 11.0. The number of aromatic nitrogens is 1. The average Bonchev–Trinajstić information content (AvgIpc) is 2.53. The highest BCUT2D eigenvalue weighted by Gasteiger charge is 2.06. The molecule has 0 amide bonds. The molecule has 106 valence electrons. The molecule has 0 aliphatic heterocycles. The molecule has 1 aromatic heterocycles. The summed E-state index contributed by atoms with van der Waals surface area (Å²) in [5.74, 6) is 0. The minimum Gasteiger partial charge on any atom is -0.313 e. The number of nitrogens with zero attached hydrogens (tertiary/aromatic N) is 1. The van der Waals surface area contributed by atoms with Crippen molar-refractivity contribution in [3.05, 3.63) is 65.7 Å². The van der Waals surface area contributed by atoms with Crippen molar-refractivity contribution in [2.75, 3.05) is 6.54 Å². The first-order valence-corrected chi connectivity index (χ1v) is 7.44. The highest BCUT2D eigenvalue weighted by atomic mass is 14.8. The summed E-state index contributed by atoms with van der Waals surface area (Å²) in [6.07, 6.45) is 0. The summed E-state index contributed by atoms with van der Waals surface area (Å²) >= 11 is 0. The lowest BCUT2D eigenvalue weighted by atomic mass is 10.0. The van der Waals surface area contributed by atoms with Crippen LogP contribution in [0.25, 0.3) is 22.2 Å². The molecule has 0 aliphatic carbocycles. The predicted molar refractivity (Wildman–Crippen MR) is 89.3 cm³/mol. The highest BCUT2D eigenvalue weighted by Crippen LogP contribution is 2.25. The van der Waals surface area contributed by atoms with Crippen LogP contribution < -0.4 is 5.32 Å². The van der Waals surface area contributed by atoms with Crippen molar-refractivity contribution >= 4 is 10.9 Å². The number of nitrogens with one attached hydrogen (secondary N) is 1. The first kappa shape index (κ1) is 13.8. The molecule has 2 heteroatoms. The third-order valence-electron chi connectivity index (χ3n) is 3.76. The lowest BCUT2D eigenvalue weighted by molar-refractivity contribution is 0.727. The second-order valence-corrected chi connectivity index (χ2v) is 5.32. The van der Waals surface area contributed by atoms with Gasteiger partial charge in [0, 0.05) is 17.5 Å². The van der Waals surface area contributed by atoms with Gasteiger partial charge in [-0.05, 0) is 42.8 Å². The van der Waals surface area contributed by atoms with Crippen molar-refractivity contribution in [1.82, 2.24) is 10.3 Å². The molecule has 0 bridgehead atoms. The van der Waals surface area contributed by atoms with E-state index < -0.39 is 0 Å². The van der Waals surface area contributed by atoms with Crippen LogP contribution in [0, 0.1) is 6.92 Å². The molecular formula is C19H20N2. The van der Waals surface area contributed by atoms with Gasteiger partial charge in [-0.25, -0.2) is 4.98 Å². The minimum atomic E-state index is 0.900. The Morgan fingerprint density at radius 3 is 2.71 bits per heavy atom. The van der Waals surface area contributed by atoms with Gasteiger partial charge in [-0.15, -0.1) is 0 Å². The van der Waals surface area contributed by atoms with Crippen LogP contribution in [-0.4, -0.2) is 11.5 Å². The van der Waals surface area contributed by atoms with Crippen molar-refractivity contribution in [2.24, 2.45) is 0 Å². The Balaban J connectivity index is 2.04. The molecule has 0 saturated heterocycles. The number of aryl methyl sites for hydroxylation is 1. The van der Waals surface area contributed by atoms with Crippen molar-refractivity contribution in [2.45, 2.75) is 20.4 Å². The van der Waals surface area contributed by atoms with Crippen molar-refractivity contribution < 1.29 is 0 Å². The zero-order valence-electron chi connectivity index (χ0n) is 12.6. The topological polar surface area (TPSA) is 24.9 Å². The standard InChI is InChI=1S/C19H20N2/c1-3-20-13-15-9-8-14(2)17(12-15)19-11-10-16-6-4-5-7-18(16)21-19/h4-12,20H,3,13H2,1-2H3. The first-order chi connectivity index (χ1) is 10.3. The second-order valence-electron chi connectivity index (χ2n) is 5.32. The molecule has 0 saturated carbocycles. The van der Waals surface area contributed by atoms with Crippen molar-refractivity contribution in [3.63, 3.8) is 0 Å². The fraction of sp³-hybridized carbons (Fsp3) is 0.211. The monoisotopic (exact) mass is 276 g/mol. The van der Waals surface area contributed by atoms with Crippen LogP contribution in [0.5, 0.6) is 0 Å². The van der Waals surface area contributed by atoms with E-state index in [0.717, 1.165) is 24.3 Å². The SMILES string of the molecule is CCNCc1ccc(C)c(-c2ccc3ccccc3n2)c1. The van der Waals surface area contributed by atoms with Gasteiger partial charge in [0.05, 0.1) is 11.2 Å². The second kappa shape index (κ2) is 6.06. The van der Waals surface area contributed by atoms with E-state index >= 15 is 0 Å². The largest absolute Gasteiger partial charge is 0.313 e. The quantitative estimate of drug-likeness (QED) is 0.767. The number of benzene rings is 2. The molecule has 3 aromatic rings. The van der Waals surface area contributed by atoms with Gasteiger partial charge in [-0.3, -0.25) is 0 Å². The van der Waals surface area contributed by atoms with Crippen molar-refractivity contribution in [1.29, 1.82) is 0 Å². The number of pyridine rings is 1. The van der Waals surface area contributed by atoms with Gasteiger partial charge in [0.1, 0.15) is 0 Å². The van der Waals surface area contributed by atoms with Crippen LogP contribution in [-0.2, 0) is 6.54 Å². The minimum absolute atomic E-state index is 0.900. The van der Waals surface area contributed by atoms with E-state index in [1.807, 2.05) is 12.1 Å². The van der Waals surface area contributed by atoms with Gasteiger partial charge in [0.25, 0.3) is 0 Å². The molecule has 1 N–H and O–H groups in total. The highest BCUT2D eigenvalue weighted by molar-refractivity contribution is 5.81. The lowest BCUT2D eigenvalue weighted by Gasteiger charge is -2.10. The lowest BCUT2D eigenvalue weighted by Crippen LogP contribution is -2.11. The predicted octanol–water partition coefficient (Wildman–Crippen LogP) is 4.32. The maximum atomic E-state index is 4.81. The van der Waals surface area contributed by atoms with E-state index in [4.69, 9.17) is 4.98 Å². The smallest absolute Gasteiger partial charge is 0.0712 e. The molecule has 2 nitrogen and oxygen atoms in total. The maximum absolute atomic E-state index is 4.81. The van der Waals surface area contributed by atoms with Crippen LogP contribution in [0.2, 0.25) is 0 Å². The Kier molecular flexibility index (Phi) is 3.98. The fourth-order valence-electron chi connectivity index (χ4n) is 2.54. The third kappa shape index (κ3) is 2.96. The summed E-state index contributed by atoms with van der Waals surface area (Å²) in [6, 6.07) is 19.1. The zero-order valence-corrected chi connectivity index (χ0v) is 12.6. The number of fused-ring (bicyclic) bond motifs is 1. The average molecular weight is 276 g/mol. The van der Waals surface area contributed by atoms with Gasteiger partial charge >= 0.3 is 0 Å². The molecule has 0 spiro atoms. The molecule has 0 unspecified atom stereocenters. The molecule has 1 heterocycles. The molecular weight excluding hydrogens is 256 g/mol. The van der Waals surface area contributed by atoms with Crippen LogP contribution in [0.1, 0.15) is 18.1 Å². The van der Waals surface area contributed by atoms with Crippen LogP contribution in [0.3, 0.4) is 0 Å². The van der Waals surface area contributed by atoms with E-state index in [1.54, 1.807) is 0 Å². The Morgan fingerprint density at radius 1 is 1.00 bits per heavy atom. The van der Waals surface area contributed by atoms with Crippen molar-refractivity contribution in [3.8, 4) is 11.3 Å². The Bertz CT molecular complexity index is 762. The number of hydrogen-bond donors (Lipinski definition) is 1. The molecule has 0 fully saturated rings. The fourth-order valence-corrected chi connectivity index (χ4v) is 2.54. The van der Waals surface area contributed by atoms with Gasteiger partial charge in [0.2, 0.25) is 0 Å². The number of para-hydroxylation sites is 1. The van der Waals surface area contributed by atoms with Crippen LogP contribution >= 0.6 is 0 Å². The number of hydrogen-bond acceptors (Lipinski definition) is 2. The summed E-state index contributed by atoms with van der Waals surface area (Å²) in [7, 11) is 0. The Labute approximate surface area is 125 Å². The molecule has 0 radical (unpaired) electrons. The zero-order chi connectivity index (χ0) is 14.7. The van der Waals surface area contributed by atoms with E-state index in [0.29, 0.717) is 0 Å². The molecule has 3 rings (SSSR count). The molecule has 0 atom stereocenters. The van der Waals surface area contributed by atoms with E-state index in [-0.39, 0.29) is 0 Å². The summed E-state index contributed by atoms with van der Waals surface area (Å²) in [4.78, 5) is 4.81. The van der Waals surface area contributed by atoms with Crippen LogP contribution in [0.4, 0.5) is 0 Å². The summed E-state index contributed by atoms with van der Waals surface area (Å²) < 4.78 is 0. The summed E-state index contributed by atoms with van der Waals surface area (Å²) in [5.41, 5.74) is 5.87. The van der Waals surface area contributed by atoms with E-state index in [9.17, 15) is 0 Å². The van der Waals surface area contributed by atoms with Gasteiger partial charge in [-0.1, -0.05) is 43.3 Å². The van der Waals surface area contributed by atoms with Gasteiger partial charge in [-0.2, -0.15) is 0 Å². The van der Waals surface area contributed by atoms with E-state index in [1.165, 1.54) is 22.1 Å². The maximum Gasteiger partial charge on any atom is 0.0712 e. The first-order valence-electron chi connectivity index (χ1n) is 7.44. The van der Waals surface area contributed by atoms with Gasteiger partial charge < -0.3 is 5.32 Å². The molecule has 0 aliphatic rings. The summed E-state index contributed by atoms with van der Waals surface area (Å²) in [5, 5.41) is 4.55. The Morgan fingerprint density at radius 2 is 1.86 bits per heavy atom. The van der Waals surface area contributed by atoms with Crippen LogP contribution in [0.15, 0.2) is 54.6 Å². The number of rotatable bonds is 4. The molecule has 21 heavy (non-hydrogen) atoms. The third-order valence-corrected chi connectivity index (χ3v) is 3.76. The van der Waals surface area contributed by atoms with E-state index in [2.05, 4.69) is 61.6 Å².